The number of alkyl halides is 1. The summed E-state index contributed by atoms with van der Waals surface area (Å²) in [5, 5.41) is -0.347. The molecule has 12 heteroatoms. The Bertz CT molecular complexity index is 1460. The number of Topliss-reactive ketones (excluding diaryl/α,β-unsaturated/α-hetero) is 1. The van der Waals surface area contributed by atoms with Gasteiger partial charge >= 0.3 is 7.60 Å². The van der Waals surface area contributed by atoms with Crippen LogP contribution in [0.25, 0.3) is 0 Å². The molecule has 0 aromatic heterocycles. The summed E-state index contributed by atoms with van der Waals surface area (Å²) in [6, 6.07) is 0. The van der Waals surface area contributed by atoms with E-state index >= 15 is 9.18 Å². The highest BCUT2D eigenvalue weighted by molar-refractivity contribution is 7.53. The van der Waals surface area contributed by atoms with Crippen LogP contribution in [0.3, 0.4) is 0 Å². The van der Waals surface area contributed by atoms with Gasteiger partial charge in [0, 0.05) is 23.2 Å². The number of carbonyl (C=O) groups is 2. The van der Waals surface area contributed by atoms with E-state index in [1.807, 2.05) is 13.8 Å². The lowest BCUT2D eigenvalue weighted by atomic mass is 9.45. The molecule has 0 bridgehead atoms. The fourth-order valence-electron chi connectivity index (χ4n) is 9.30. The van der Waals surface area contributed by atoms with Crippen molar-refractivity contribution in [2.45, 2.75) is 155 Å². The van der Waals surface area contributed by atoms with Crippen molar-refractivity contribution in [2.24, 2.45) is 28.6 Å². The summed E-state index contributed by atoms with van der Waals surface area (Å²) >= 11 is 0. The highest BCUT2D eigenvalue weighted by Gasteiger charge is 2.77. The van der Waals surface area contributed by atoms with Crippen LogP contribution in [0, 0.1) is 28.6 Å². The Balaban J connectivity index is 1.94. The van der Waals surface area contributed by atoms with Crippen LogP contribution in [0.2, 0.25) is 36.3 Å². The minimum Gasteiger partial charge on any atom is -0.411 e. The molecule has 0 heterocycles. The van der Waals surface area contributed by atoms with Crippen molar-refractivity contribution in [1.82, 2.24) is 0 Å². The first-order valence-electron chi connectivity index (χ1n) is 19.1. The standard InChI is InChI=1S/C39H68FO8PSi2/c1-16-45-49(43,46-17-2)26-44-39(32(42)25-47-50(12,13)34(4,5)6)27(3)22-31-30-19-18-28-23-29(41)20-21-36(28,10)38(30,40)33(24-37(31,39)11)48-51(14,15)35(7,8)9/h18,20-21,27,30-31,33H,16-17,19,22-26H2,1-15H3/t27-,30+,31+,33+,36+,37+,38+,39+/m1/s1. The Morgan fingerprint density at radius 1 is 0.980 bits per heavy atom. The van der Waals surface area contributed by atoms with Gasteiger partial charge in [0.05, 0.1) is 25.9 Å². The third kappa shape index (κ3) is 7.00. The van der Waals surface area contributed by atoms with E-state index in [9.17, 15) is 9.36 Å². The lowest BCUT2D eigenvalue weighted by Gasteiger charge is -2.64. The molecule has 4 aliphatic rings. The fraction of sp³-hybridized carbons (Fsp3) is 0.846. The molecule has 0 saturated heterocycles. The number of hydrogen-bond donors (Lipinski definition) is 0. The van der Waals surface area contributed by atoms with Crippen LogP contribution < -0.4 is 0 Å². The molecule has 2 saturated carbocycles. The zero-order valence-corrected chi connectivity index (χ0v) is 37.2. The predicted octanol–water partition coefficient (Wildman–Crippen LogP) is 10.2. The predicted molar refractivity (Wildman–Crippen MR) is 207 cm³/mol. The van der Waals surface area contributed by atoms with Crippen molar-refractivity contribution in [2.75, 3.05) is 26.2 Å². The van der Waals surface area contributed by atoms with Crippen molar-refractivity contribution in [1.29, 1.82) is 0 Å². The molecule has 0 spiro atoms. The molecule has 0 aromatic rings. The van der Waals surface area contributed by atoms with E-state index in [1.165, 1.54) is 0 Å². The molecule has 4 aliphatic carbocycles. The maximum absolute atomic E-state index is 19.1. The highest BCUT2D eigenvalue weighted by Crippen LogP contribution is 2.72. The number of fused-ring (bicyclic) bond motifs is 5. The number of ketones is 2. The molecule has 51 heavy (non-hydrogen) atoms. The molecular formula is C39H68FO8PSi2. The van der Waals surface area contributed by atoms with Gasteiger partial charge in [-0.1, -0.05) is 73.1 Å². The van der Waals surface area contributed by atoms with Gasteiger partial charge in [0.1, 0.15) is 11.9 Å². The summed E-state index contributed by atoms with van der Waals surface area (Å²) < 4.78 is 65.2. The molecule has 0 aliphatic heterocycles. The van der Waals surface area contributed by atoms with Crippen LogP contribution in [0.1, 0.15) is 102 Å². The normalized spacial score (nSPS) is 36.0. The Morgan fingerprint density at radius 3 is 2.08 bits per heavy atom. The van der Waals surface area contributed by atoms with Gasteiger partial charge in [-0.05, 0) is 94.2 Å². The van der Waals surface area contributed by atoms with Crippen molar-refractivity contribution in [3.05, 3.63) is 23.8 Å². The molecule has 4 rings (SSSR count). The first-order valence-corrected chi connectivity index (χ1v) is 26.6. The van der Waals surface area contributed by atoms with Crippen LogP contribution in [0.5, 0.6) is 0 Å². The Kier molecular flexibility index (Phi) is 11.8. The van der Waals surface area contributed by atoms with Gasteiger partial charge in [-0.25, -0.2) is 4.39 Å². The molecule has 0 aromatic carbocycles. The minimum atomic E-state index is -3.74. The van der Waals surface area contributed by atoms with Crippen LogP contribution in [-0.2, 0) is 36.8 Å². The summed E-state index contributed by atoms with van der Waals surface area (Å²) in [5.74, 6) is -1.41. The van der Waals surface area contributed by atoms with Crippen LogP contribution in [-0.4, -0.2) is 71.7 Å². The summed E-state index contributed by atoms with van der Waals surface area (Å²) in [6.07, 6.45) is 5.46. The summed E-state index contributed by atoms with van der Waals surface area (Å²) in [4.78, 5) is 27.8. The van der Waals surface area contributed by atoms with E-state index in [4.69, 9.17) is 22.6 Å². The van der Waals surface area contributed by atoms with Gasteiger partial charge in [-0.3, -0.25) is 14.2 Å². The van der Waals surface area contributed by atoms with Gasteiger partial charge in [0.15, 0.2) is 33.9 Å². The third-order valence-corrected chi connectivity index (χ3v) is 25.0. The first kappa shape index (κ1) is 42.9. The summed E-state index contributed by atoms with van der Waals surface area (Å²) in [5.41, 5.74) is -4.50. The van der Waals surface area contributed by atoms with Crippen LogP contribution in [0.15, 0.2) is 23.8 Å². The maximum Gasteiger partial charge on any atom is 0.356 e. The van der Waals surface area contributed by atoms with Crippen molar-refractivity contribution < 1.29 is 41.2 Å². The van der Waals surface area contributed by atoms with E-state index in [1.54, 1.807) is 26.0 Å². The average Bonchev–Trinajstić information content (AvgIpc) is 3.21. The topological polar surface area (TPSA) is 97.4 Å². The second-order valence-electron chi connectivity index (χ2n) is 19.2. The molecule has 0 N–H and O–H groups in total. The number of carbonyl (C=O) groups excluding carboxylic acids is 2. The lowest BCUT2D eigenvalue weighted by molar-refractivity contribution is -0.219. The largest absolute Gasteiger partial charge is 0.411 e. The van der Waals surface area contributed by atoms with E-state index in [-0.39, 0.29) is 66.1 Å². The lowest BCUT2D eigenvalue weighted by Crippen LogP contribution is -2.71. The molecule has 8 nitrogen and oxygen atoms in total. The van der Waals surface area contributed by atoms with Crippen LogP contribution in [0.4, 0.5) is 4.39 Å². The second-order valence-corrected chi connectivity index (χ2v) is 30.7. The van der Waals surface area contributed by atoms with Crippen molar-refractivity contribution in [3.8, 4) is 0 Å². The van der Waals surface area contributed by atoms with E-state index in [0.717, 1.165) is 5.57 Å². The SMILES string of the molecule is CCOP(=O)(CO[C@]1(C(=O)CO[Si](C)(C)C(C)(C)C)[C@H](C)C[C@H]2[C@@H]3CC=C4CC(=O)C=C[C@]4(C)[C@@]3(F)[C@@H](O[Si](C)(C)C(C)(C)C)C[C@@]21C)OCC. The van der Waals surface area contributed by atoms with Gasteiger partial charge in [0.2, 0.25) is 0 Å². The first-order chi connectivity index (χ1) is 23.1. The fourth-order valence-corrected chi connectivity index (χ4v) is 12.9. The number of halogens is 1. The van der Waals surface area contributed by atoms with Gasteiger partial charge in [0.25, 0.3) is 0 Å². The zero-order valence-electron chi connectivity index (χ0n) is 34.3. The Morgan fingerprint density at radius 2 is 1.55 bits per heavy atom. The van der Waals surface area contributed by atoms with E-state index < -0.39 is 64.7 Å². The van der Waals surface area contributed by atoms with Crippen LogP contribution >= 0.6 is 7.60 Å². The maximum atomic E-state index is 19.1. The van der Waals surface area contributed by atoms with E-state index in [0.29, 0.717) is 12.8 Å². The number of rotatable bonds is 13. The summed E-state index contributed by atoms with van der Waals surface area (Å²) in [7, 11) is -8.71. The second kappa shape index (κ2) is 14.1. The van der Waals surface area contributed by atoms with E-state index in [2.05, 4.69) is 80.7 Å². The Labute approximate surface area is 310 Å². The number of hydrogen-bond acceptors (Lipinski definition) is 8. The minimum absolute atomic E-state index is 0.0226. The highest BCUT2D eigenvalue weighted by atomic mass is 31.2. The summed E-state index contributed by atoms with van der Waals surface area (Å²) in [6.45, 7) is 31.0. The zero-order chi connectivity index (χ0) is 38.9. The third-order valence-electron chi connectivity index (χ3n) is 14.2. The molecule has 0 unspecified atom stereocenters. The Hall–Kier alpha value is -0.786. The monoisotopic (exact) mass is 770 g/mol. The van der Waals surface area contributed by atoms with Gasteiger partial charge < -0.3 is 22.6 Å². The van der Waals surface area contributed by atoms with Crippen molar-refractivity contribution >= 4 is 35.8 Å². The smallest absolute Gasteiger partial charge is 0.356 e. The molecule has 0 radical (unpaired) electrons. The average molecular weight is 771 g/mol. The molecule has 8 atom stereocenters. The molecule has 292 valence electrons. The number of ether oxygens (including phenoxy) is 1. The quantitative estimate of drug-likeness (QED) is 0.104. The molecule has 0 amide bonds. The van der Waals surface area contributed by atoms with Gasteiger partial charge in [-0.15, -0.1) is 0 Å². The molecular weight excluding hydrogens is 703 g/mol. The molecule has 2 fully saturated rings. The van der Waals surface area contributed by atoms with Crippen molar-refractivity contribution in [3.63, 3.8) is 0 Å². The number of allylic oxidation sites excluding steroid dienone is 4. The van der Waals surface area contributed by atoms with Gasteiger partial charge in [-0.2, -0.15) is 0 Å².